The predicted octanol–water partition coefficient (Wildman–Crippen LogP) is 2.85. The summed E-state index contributed by atoms with van der Waals surface area (Å²) in [6.45, 7) is 0.686. The molecule has 142 valence electrons. The first-order chi connectivity index (χ1) is 12.9. The van der Waals surface area contributed by atoms with Crippen molar-refractivity contribution in [2.24, 2.45) is 0 Å². The lowest BCUT2D eigenvalue weighted by Crippen LogP contribution is -2.16. The number of benzene rings is 2. The Morgan fingerprint density at radius 1 is 1.19 bits per heavy atom. The summed E-state index contributed by atoms with van der Waals surface area (Å²) in [5.74, 6) is 0.624. The van der Waals surface area contributed by atoms with Crippen LogP contribution in [0.2, 0.25) is 0 Å². The zero-order valence-electron chi connectivity index (χ0n) is 15.5. The standard InChI is InChI=1S/C20H22N2O4S/c1-21(2)11-10-17(23)19-15-12-13(26-3)8-9-16(15)22-20(19)14-6-4-5-7-18(14)27(22,24)25/h4-9,12,17,23H,10-11H2,1-3H3. The quantitative estimate of drug-likeness (QED) is 0.571. The van der Waals surface area contributed by atoms with E-state index in [0.717, 1.165) is 0 Å². The van der Waals surface area contributed by atoms with Gasteiger partial charge >= 0.3 is 0 Å². The normalized spacial score (nSPS) is 15.7. The minimum absolute atomic E-state index is 0.277. The molecular weight excluding hydrogens is 364 g/mol. The minimum atomic E-state index is -3.70. The van der Waals surface area contributed by atoms with Gasteiger partial charge in [-0.3, -0.25) is 0 Å². The Labute approximate surface area is 158 Å². The van der Waals surface area contributed by atoms with E-state index in [-0.39, 0.29) is 4.90 Å². The van der Waals surface area contributed by atoms with Crippen LogP contribution >= 0.6 is 0 Å². The Morgan fingerprint density at radius 2 is 1.93 bits per heavy atom. The first kappa shape index (κ1) is 18.0. The molecule has 7 heteroatoms. The monoisotopic (exact) mass is 386 g/mol. The second-order valence-electron chi connectivity index (χ2n) is 7.02. The van der Waals surface area contributed by atoms with Gasteiger partial charge in [-0.15, -0.1) is 0 Å². The van der Waals surface area contributed by atoms with E-state index in [4.69, 9.17) is 4.74 Å². The molecule has 1 N–H and O–H groups in total. The summed E-state index contributed by atoms with van der Waals surface area (Å²) in [6, 6.07) is 12.2. The molecule has 27 heavy (non-hydrogen) atoms. The lowest BCUT2D eigenvalue weighted by atomic mass is 9.98. The van der Waals surface area contributed by atoms with Crippen LogP contribution in [0.1, 0.15) is 18.1 Å². The van der Waals surface area contributed by atoms with Gasteiger partial charge in [-0.25, -0.2) is 12.4 Å². The molecule has 0 bridgehead atoms. The first-order valence-electron chi connectivity index (χ1n) is 8.76. The number of methoxy groups -OCH3 is 1. The van der Waals surface area contributed by atoms with Gasteiger partial charge in [0.15, 0.2) is 0 Å². The highest BCUT2D eigenvalue weighted by Gasteiger charge is 2.38. The largest absolute Gasteiger partial charge is 0.497 e. The van der Waals surface area contributed by atoms with Gasteiger partial charge in [0, 0.05) is 23.1 Å². The van der Waals surface area contributed by atoms with Crippen molar-refractivity contribution in [3.63, 3.8) is 0 Å². The van der Waals surface area contributed by atoms with Crippen LogP contribution in [0.4, 0.5) is 0 Å². The van der Waals surface area contributed by atoms with Gasteiger partial charge in [-0.05, 0) is 44.8 Å². The van der Waals surface area contributed by atoms with Gasteiger partial charge in [0.2, 0.25) is 0 Å². The Morgan fingerprint density at radius 3 is 2.63 bits per heavy atom. The Balaban J connectivity index is 2.05. The summed E-state index contributed by atoms with van der Waals surface area (Å²) < 4.78 is 33.1. The third-order valence-corrected chi connectivity index (χ3v) is 6.79. The average Bonchev–Trinajstić information content (AvgIpc) is 3.11. The third-order valence-electron chi connectivity index (χ3n) is 5.01. The molecule has 0 radical (unpaired) electrons. The molecule has 2 heterocycles. The van der Waals surface area contributed by atoms with E-state index in [9.17, 15) is 13.5 Å². The lowest BCUT2D eigenvalue weighted by molar-refractivity contribution is 0.156. The fourth-order valence-corrected chi connectivity index (χ4v) is 5.49. The van der Waals surface area contributed by atoms with Crippen molar-refractivity contribution in [2.75, 3.05) is 27.7 Å². The summed E-state index contributed by atoms with van der Waals surface area (Å²) in [6.07, 6.45) is -0.293. The Bertz CT molecular complexity index is 1130. The van der Waals surface area contributed by atoms with E-state index in [2.05, 4.69) is 0 Å². The van der Waals surface area contributed by atoms with Gasteiger partial charge in [-0.1, -0.05) is 18.2 Å². The molecule has 1 aliphatic heterocycles. The summed E-state index contributed by atoms with van der Waals surface area (Å²) in [5.41, 5.74) is 2.38. The second kappa shape index (κ2) is 6.37. The highest BCUT2D eigenvalue weighted by atomic mass is 32.2. The molecule has 1 atom stereocenters. The molecule has 6 nitrogen and oxygen atoms in total. The smallest absolute Gasteiger partial charge is 0.269 e. The van der Waals surface area contributed by atoms with Crippen molar-refractivity contribution in [3.05, 3.63) is 48.0 Å². The van der Waals surface area contributed by atoms with Crippen LogP contribution in [0.15, 0.2) is 47.4 Å². The number of fused-ring (bicyclic) bond motifs is 5. The first-order valence-corrected chi connectivity index (χ1v) is 10.2. The maximum atomic E-state index is 13.2. The lowest BCUT2D eigenvalue weighted by Gasteiger charge is -2.16. The van der Waals surface area contributed by atoms with Crippen molar-refractivity contribution >= 4 is 20.9 Å². The molecule has 0 fully saturated rings. The number of aliphatic hydroxyl groups excluding tert-OH is 1. The van der Waals surface area contributed by atoms with Crippen molar-refractivity contribution in [2.45, 2.75) is 17.4 Å². The van der Waals surface area contributed by atoms with Gasteiger partial charge in [0.1, 0.15) is 5.75 Å². The maximum Gasteiger partial charge on any atom is 0.269 e. The molecule has 1 unspecified atom stereocenters. The number of hydrogen-bond acceptors (Lipinski definition) is 5. The van der Waals surface area contributed by atoms with Crippen molar-refractivity contribution in [1.29, 1.82) is 0 Å². The van der Waals surface area contributed by atoms with E-state index in [1.54, 1.807) is 43.5 Å². The SMILES string of the molecule is COc1ccc2c(c1)c(C(O)CCN(C)C)c1n2S(=O)(=O)c2ccccc2-1. The van der Waals surface area contributed by atoms with Crippen LogP contribution in [0.25, 0.3) is 22.2 Å². The molecular formula is C20H22N2O4S. The molecule has 4 rings (SSSR count). The van der Waals surface area contributed by atoms with Crippen molar-refractivity contribution < 1.29 is 18.3 Å². The molecule has 1 aromatic heterocycles. The van der Waals surface area contributed by atoms with E-state index in [1.165, 1.54) is 3.97 Å². The fraction of sp³-hybridized carbons (Fsp3) is 0.300. The number of aromatic nitrogens is 1. The molecule has 0 spiro atoms. The Kier molecular flexibility index (Phi) is 4.25. The molecule has 0 saturated heterocycles. The zero-order valence-corrected chi connectivity index (χ0v) is 16.3. The number of rotatable bonds is 5. The van der Waals surface area contributed by atoms with Crippen molar-refractivity contribution in [3.8, 4) is 17.0 Å². The molecule has 3 aromatic rings. The maximum absolute atomic E-state index is 13.2. The summed E-state index contributed by atoms with van der Waals surface area (Å²) in [5, 5.41) is 11.7. The Hall–Kier alpha value is -2.35. The molecule has 0 aliphatic carbocycles. The summed E-state index contributed by atoms with van der Waals surface area (Å²) >= 11 is 0. The topological polar surface area (TPSA) is 71.8 Å². The van der Waals surface area contributed by atoms with Crippen LogP contribution in [0, 0.1) is 0 Å². The minimum Gasteiger partial charge on any atom is -0.497 e. The van der Waals surface area contributed by atoms with Crippen LogP contribution in [-0.2, 0) is 10.0 Å². The highest BCUT2D eigenvalue weighted by molar-refractivity contribution is 7.90. The summed E-state index contributed by atoms with van der Waals surface area (Å²) in [7, 11) is 1.75. The van der Waals surface area contributed by atoms with Crippen LogP contribution in [0.5, 0.6) is 5.75 Å². The number of hydrogen-bond donors (Lipinski definition) is 1. The van der Waals surface area contributed by atoms with Crippen LogP contribution < -0.4 is 4.74 Å². The van der Waals surface area contributed by atoms with E-state index >= 15 is 0 Å². The second-order valence-corrected chi connectivity index (χ2v) is 8.77. The number of aliphatic hydroxyl groups is 1. The van der Waals surface area contributed by atoms with Crippen LogP contribution in [0.3, 0.4) is 0 Å². The number of nitrogens with zero attached hydrogens (tertiary/aromatic N) is 2. The zero-order chi connectivity index (χ0) is 19.3. The number of ether oxygens (including phenoxy) is 1. The van der Waals surface area contributed by atoms with Gasteiger partial charge in [0.25, 0.3) is 10.0 Å². The van der Waals surface area contributed by atoms with Gasteiger partial charge in [0.05, 0.1) is 29.3 Å². The molecule has 1 aliphatic rings. The molecule has 0 saturated carbocycles. The highest BCUT2D eigenvalue weighted by Crippen LogP contribution is 2.47. The van der Waals surface area contributed by atoms with Crippen LogP contribution in [-0.4, -0.2) is 50.1 Å². The van der Waals surface area contributed by atoms with Gasteiger partial charge < -0.3 is 14.7 Å². The average molecular weight is 386 g/mol. The van der Waals surface area contributed by atoms with E-state index in [1.807, 2.05) is 25.1 Å². The van der Waals surface area contributed by atoms with Gasteiger partial charge in [-0.2, -0.15) is 0 Å². The summed E-state index contributed by atoms with van der Waals surface area (Å²) in [4.78, 5) is 2.27. The molecule has 0 amide bonds. The van der Waals surface area contributed by atoms with E-state index in [0.29, 0.717) is 46.4 Å². The molecule has 2 aromatic carbocycles. The fourth-order valence-electron chi connectivity index (χ4n) is 3.74. The van der Waals surface area contributed by atoms with Crippen molar-refractivity contribution in [1.82, 2.24) is 8.87 Å². The predicted molar refractivity (Wildman–Crippen MR) is 105 cm³/mol. The third kappa shape index (κ3) is 2.65. The van der Waals surface area contributed by atoms with E-state index < -0.39 is 16.1 Å².